The highest BCUT2D eigenvalue weighted by Crippen LogP contribution is 2.26. The lowest BCUT2D eigenvalue weighted by Crippen LogP contribution is -2.35. The number of hydrogen-bond acceptors (Lipinski definition) is 4. The largest absolute Gasteiger partial charge is 0.327 e. The van der Waals surface area contributed by atoms with E-state index in [9.17, 15) is 8.42 Å². The Kier molecular flexibility index (Phi) is 4.05. The molecule has 0 radical (unpaired) electrons. The minimum atomic E-state index is -3.62. The zero-order valence-electron chi connectivity index (χ0n) is 10.3. The van der Waals surface area contributed by atoms with Crippen molar-refractivity contribution < 1.29 is 8.42 Å². The lowest BCUT2D eigenvalue weighted by Gasteiger charge is -2.11. The quantitative estimate of drug-likeness (QED) is 0.838. The summed E-state index contributed by atoms with van der Waals surface area (Å²) in [4.78, 5) is 4.11. The molecule has 2 aromatic rings. The molecule has 102 valence electrons. The van der Waals surface area contributed by atoms with Crippen LogP contribution in [0.2, 0.25) is 5.15 Å². The van der Waals surface area contributed by atoms with Crippen LogP contribution in [0.15, 0.2) is 35.4 Å². The van der Waals surface area contributed by atoms with Gasteiger partial charge in [0.1, 0.15) is 5.15 Å². The van der Waals surface area contributed by atoms with E-state index in [1.54, 1.807) is 25.1 Å². The Balaban J connectivity index is 2.54. The van der Waals surface area contributed by atoms with Gasteiger partial charge in [0.05, 0.1) is 4.90 Å². The Morgan fingerprint density at radius 3 is 2.79 bits per heavy atom. The van der Waals surface area contributed by atoms with Gasteiger partial charge >= 0.3 is 0 Å². The molecular formula is C12H14ClN3O2S. The number of halogens is 1. The molecule has 1 heterocycles. The van der Waals surface area contributed by atoms with E-state index >= 15 is 0 Å². The predicted molar refractivity (Wildman–Crippen MR) is 75.6 cm³/mol. The fourth-order valence-corrected chi connectivity index (χ4v) is 3.28. The molecule has 19 heavy (non-hydrogen) atoms. The molecule has 0 amide bonds. The van der Waals surface area contributed by atoms with Crippen LogP contribution in [0.4, 0.5) is 0 Å². The number of rotatable bonds is 4. The molecule has 0 saturated heterocycles. The molecule has 0 aliphatic carbocycles. The zero-order valence-corrected chi connectivity index (χ0v) is 11.9. The molecule has 1 aromatic heterocycles. The third-order valence-corrected chi connectivity index (χ3v) is 4.39. The first-order chi connectivity index (χ1) is 8.92. The molecule has 3 N–H and O–H groups in total. The monoisotopic (exact) mass is 299 g/mol. The number of nitrogens with zero attached hydrogens (tertiary/aromatic N) is 1. The number of nitrogens with one attached hydrogen (secondary N) is 1. The van der Waals surface area contributed by atoms with E-state index in [1.807, 2.05) is 0 Å². The van der Waals surface area contributed by atoms with Gasteiger partial charge < -0.3 is 5.73 Å². The Labute approximate surface area is 116 Å². The summed E-state index contributed by atoms with van der Waals surface area (Å²) in [5, 5.41) is 1.43. The van der Waals surface area contributed by atoms with E-state index in [2.05, 4.69) is 9.71 Å². The van der Waals surface area contributed by atoms with Gasteiger partial charge in [-0.1, -0.05) is 23.7 Å². The third-order valence-electron chi connectivity index (χ3n) is 2.60. The van der Waals surface area contributed by atoms with E-state index in [1.165, 1.54) is 12.3 Å². The molecule has 0 bridgehead atoms. The molecule has 7 heteroatoms. The van der Waals surface area contributed by atoms with Crippen molar-refractivity contribution in [1.29, 1.82) is 0 Å². The summed E-state index contributed by atoms with van der Waals surface area (Å²) >= 11 is 5.96. The summed E-state index contributed by atoms with van der Waals surface area (Å²) in [6.45, 7) is 1.91. The second-order valence-corrected chi connectivity index (χ2v) is 6.38. The highest BCUT2D eigenvalue weighted by atomic mass is 35.5. The molecule has 1 unspecified atom stereocenters. The average molecular weight is 300 g/mol. The van der Waals surface area contributed by atoms with Crippen LogP contribution in [0.3, 0.4) is 0 Å². The molecule has 0 aliphatic heterocycles. The van der Waals surface area contributed by atoms with Crippen LogP contribution >= 0.6 is 11.6 Å². The van der Waals surface area contributed by atoms with Crippen LogP contribution in [0.5, 0.6) is 0 Å². The van der Waals surface area contributed by atoms with Crippen molar-refractivity contribution in [2.75, 3.05) is 6.54 Å². The minimum absolute atomic E-state index is 0.176. The van der Waals surface area contributed by atoms with Gasteiger partial charge in [-0.05, 0) is 19.1 Å². The number of benzene rings is 1. The fraction of sp³-hybridized carbons (Fsp3) is 0.250. The average Bonchev–Trinajstić information content (AvgIpc) is 2.36. The van der Waals surface area contributed by atoms with Crippen molar-refractivity contribution in [1.82, 2.24) is 9.71 Å². The summed E-state index contributed by atoms with van der Waals surface area (Å²) in [7, 11) is -3.62. The molecule has 0 spiro atoms. The van der Waals surface area contributed by atoms with Crippen molar-refractivity contribution in [3.05, 3.63) is 35.6 Å². The second kappa shape index (κ2) is 5.42. The van der Waals surface area contributed by atoms with Crippen LogP contribution in [0.25, 0.3) is 10.8 Å². The summed E-state index contributed by atoms with van der Waals surface area (Å²) in [5.74, 6) is 0. The first kappa shape index (κ1) is 14.2. The van der Waals surface area contributed by atoms with Crippen molar-refractivity contribution in [2.45, 2.75) is 17.9 Å². The van der Waals surface area contributed by atoms with Gasteiger partial charge in [0.2, 0.25) is 10.0 Å². The van der Waals surface area contributed by atoms with Crippen LogP contribution in [-0.2, 0) is 10.0 Å². The van der Waals surface area contributed by atoms with Gasteiger partial charge in [-0.2, -0.15) is 0 Å². The van der Waals surface area contributed by atoms with E-state index < -0.39 is 10.0 Å². The van der Waals surface area contributed by atoms with Crippen LogP contribution < -0.4 is 10.5 Å². The maximum atomic E-state index is 12.2. The Morgan fingerprint density at radius 2 is 2.11 bits per heavy atom. The van der Waals surface area contributed by atoms with Gasteiger partial charge in [-0.25, -0.2) is 18.1 Å². The number of nitrogens with two attached hydrogens (primary N) is 1. The molecule has 0 aliphatic rings. The van der Waals surface area contributed by atoms with Gasteiger partial charge in [0.25, 0.3) is 0 Å². The van der Waals surface area contributed by atoms with Crippen molar-refractivity contribution in [3.8, 4) is 0 Å². The molecule has 2 rings (SSSR count). The van der Waals surface area contributed by atoms with Crippen molar-refractivity contribution >= 4 is 32.4 Å². The Bertz CT molecular complexity index is 701. The first-order valence-corrected chi connectivity index (χ1v) is 7.56. The number of sulfonamides is 1. The number of aromatic nitrogens is 1. The lowest BCUT2D eigenvalue weighted by molar-refractivity contribution is 0.575. The molecule has 0 saturated carbocycles. The molecule has 1 aromatic carbocycles. The highest BCUT2D eigenvalue weighted by molar-refractivity contribution is 7.89. The molecular weight excluding hydrogens is 286 g/mol. The SMILES string of the molecule is CC(N)CNS(=O)(=O)c1cccc2c(Cl)nccc12. The summed E-state index contributed by atoms with van der Waals surface area (Å²) in [5.41, 5.74) is 5.56. The van der Waals surface area contributed by atoms with E-state index in [0.717, 1.165) is 0 Å². The number of hydrogen-bond donors (Lipinski definition) is 2. The zero-order chi connectivity index (χ0) is 14.0. The molecule has 1 atom stereocenters. The predicted octanol–water partition coefficient (Wildman–Crippen LogP) is 1.51. The van der Waals surface area contributed by atoms with E-state index in [0.29, 0.717) is 10.8 Å². The van der Waals surface area contributed by atoms with Crippen LogP contribution in [0, 0.1) is 0 Å². The number of fused-ring (bicyclic) bond motifs is 1. The Hall–Kier alpha value is -1.21. The third kappa shape index (κ3) is 3.03. The van der Waals surface area contributed by atoms with Crippen LogP contribution in [0.1, 0.15) is 6.92 Å². The standard InChI is InChI=1S/C12H14ClN3O2S/c1-8(14)7-16-19(17,18)11-4-2-3-10-9(11)5-6-15-12(10)13/h2-6,8,16H,7,14H2,1H3. The normalized spacial score (nSPS) is 13.6. The van der Waals surface area contributed by atoms with E-state index in [-0.39, 0.29) is 22.6 Å². The van der Waals surface area contributed by atoms with Crippen molar-refractivity contribution in [2.24, 2.45) is 5.73 Å². The second-order valence-electron chi connectivity index (χ2n) is 4.28. The number of pyridine rings is 1. The molecule has 5 nitrogen and oxygen atoms in total. The summed E-state index contributed by atoms with van der Waals surface area (Å²) in [6.07, 6.45) is 1.48. The lowest BCUT2D eigenvalue weighted by atomic mass is 10.2. The smallest absolute Gasteiger partial charge is 0.241 e. The summed E-state index contributed by atoms with van der Waals surface area (Å²) in [6, 6.07) is 6.27. The first-order valence-electron chi connectivity index (χ1n) is 5.70. The minimum Gasteiger partial charge on any atom is -0.327 e. The van der Waals surface area contributed by atoms with Crippen LogP contribution in [-0.4, -0.2) is 26.0 Å². The highest BCUT2D eigenvalue weighted by Gasteiger charge is 2.18. The Morgan fingerprint density at radius 1 is 1.37 bits per heavy atom. The fourth-order valence-electron chi connectivity index (χ4n) is 1.70. The van der Waals surface area contributed by atoms with Gasteiger partial charge in [0, 0.05) is 29.6 Å². The summed E-state index contributed by atoms with van der Waals surface area (Å²) < 4.78 is 26.9. The topological polar surface area (TPSA) is 85.1 Å². The van der Waals surface area contributed by atoms with Crippen molar-refractivity contribution in [3.63, 3.8) is 0 Å². The molecule has 0 fully saturated rings. The maximum Gasteiger partial charge on any atom is 0.241 e. The van der Waals surface area contributed by atoms with Gasteiger partial charge in [0.15, 0.2) is 0 Å². The van der Waals surface area contributed by atoms with E-state index in [4.69, 9.17) is 17.3 Å². The maximum absolute atomic E-state index is 12.2. The van der Waals surface area contributed by atoms with Gasteiger partial charge in [-0.15, -0.1) is 0 Å². The van der Waals surface area contributed by atoms with Gasteiger partial charge in [-0.3, -0.25) is 0 Å².